The maximum absolute atomic E-state index is 11.3. The summed E-state index contributed by atoms with van der Waals surface area (Å²) in [6.45, 7) is 3.75. The van der Waals surface area contributed by atoms with Gasteiger partial charge in [0.05, 0.1) is 12.4 Å². The summed E-state index contributed by atoms with van der Waals surface area (Å²) in [5.74, 6) is 0.803. The Hall–Kier alpha value is -1.16. The highest BCUT2D eigenvalue weighted by molar-refractivity contribution is 7.84. The van der Waals surface area contributed by atoms with Crippen LogP contribution in [0.3, 0.4) is 0 Å². The first-order valence-corrected chi connectivity index (χ1v) is 5.89. The third-order valence-corrected chi connectivity index (χ3v) is 2.94. The fraction of sp³-hybridized carbons (Fsp3) is 0.364. The van der Waals surface area contributed by atoms with Gasteiger partial charge in [0.15, 0.2) is 0 Å². The lowest BCUT2D eigenvalue weighted by molar-refractivity contribution is 0.415. The van der Waals surface area contributed by atoms with E-state index in [1.165, 1.54) is 0 Å². The summed E-state index contributed by atoms with van der Waals surface area (Å²) in [7, 11) is 0.481. The molecule has 0 heterocycles. The molecule has 0 N–H and O–H groups in total. The van der Waals surface area contributed by atoms with Gasteiger partial charge in [0, 0.05) is 6.21 Å². The summed E-state index contributed by atoms with van der Waals surface area (Å²) in [6, 6.07) is 7.44. The van der Waals surface area contributed by atoms with Gasteiger partial charge < -0.3 is 4.74 Å². The zero-order chi connectivity index (χ0) is 11.3. The van der Waals surface area contributed by atoms with Crippen molar-refractivity contribution < 1.29 is 8.95 Å². The molecule has 0 aliphatic heterocycles. The molecule has 1 atom stereocenters. The maximum Gasteiger partial charge on any atom is 0.141 e. The lowest BCUT2D eigenvalue weighted by atomic mass is 10.2. The predicted octanol–water partition coefficient (Wildman–Crippen LogP) is 2.19. The Balaban J connectivity index is 2.69. The average molecular weight is 225 g/mol. The van der Waals surface area contributed by atoms with Crippen LogP contribution in [-0.4, -0.2) is 22.8 Å². The fourth-order valence-electron chi connectivity index (χ4n) is 0.924. The molecule has 15 heavy (non-hydrogen) atoms. The van der Waals surface area contributed by atoms with Crippen LogP contribution in [0.25, 0.3) is 0 Å². The van der Waals surface area contributed by atoms with Crippen molar-refractivity contribution in [2.45, 2.75) is 19.1 Å². The maximum atomic E-state index is 11.3. The number of ether oxygens (including phenoxy) is 1. The molecule has 0 saturated carbocycles. The topological polar surface area (TPSA) is 38.7 Å². The van der Waals surface area contributed by atoms with E-state index < -0.39 is 11.0 Å². The van der Waals surface area contributed by atoms with Crippen LogP contribution in [0.4, 0.5) is 0 Å². The van der Waals surface area contributed by atoms with Crippen molar-refractivity contribution in [3.05, 3.63) is 29.8 Å². The molecule has 0 radical (unpaired) electrons. The van der Waals surface area contributed by atoms with Gasteiger partial charge in [0.1, 0.15) is 16.7 Å². The molecule has 1 aromatic rings. The zero-order valence-corrected chi connectivity index (χ0v) is 9.95. The smallest absolute Gasteiger partial charge is 0.141 e. The van der Waals surface area contributed by atoms with Gasteiger partial charge in [0.2, 0.25) is 0 Å². The summed E-state index contributed by atoms with van der Waals surface area (Å²) in [5, 5.41) is 0.0551. The first-order valence-electron chi connectivity index (χ1n) is 4.72. The van der Waals surface area contributed by atoms with E-state index in [0.717, 1.165) is 11.3 Å². The molecule has 3 nitrogen and oxygen atoms in total. The molecule has 0 fully saturated rings. The van der Waals surface area contributed by atoms with Crippen LogP contribution in [-0.2, 0) is 11.0 Å². The van der Waals surface area contributed by atoms with E-state index in [4.69, 9.17) is 4.74 Å². The Labute approximate surface area is 92.8 Å². The van der Waals surface area contributed by atoms with Crippen molar-refractivity contribution in [2.24, 2.45) is 4.40 Å². The van der Waals surface area contributed by atoms with E-state index in [1.807, 2.05) is 38.1 Å². The third-order valence-electron chi connectivity index (χ3n) is 1.82. The number of nitrogens with zero attached hydrogens (tertiary/aromatic N) is 1. The van der Waals surface area contributed by atoms with E-state index in [0.29, 0.717) is 0 Å². The summed E-state index contributed by atoms with van der Waals surface area (Å²) in [5.41, 5.74) is 0.921. The van der Waals surface area contributed by atoms with Crippen molar-refractivity contribution in [2.75, 3.05) is 7.11 Å². The van der Waals surface area contributed by atoms with Crippen LogP contribution in [0.1, 0.15) is 19.4 Å². The number of methoxy groups -OCH3 is 1. The zero-order valence-electron chi connectivity index (χ0n) is 9.14. The molecular weight excluding hydrogens is 210 g/mol. The molecule has 82 valence electrons. The number of benzene rings is 1. The van der Waals surface area contributed by atoms with Gasteiger partial charge in [-0.3, -0.25) is 0 Å². The minimum absolute atomic E-state index is 0.0551. The van der Waals surface area contributed by atoms with Gasteiger partial charge in [-0.05, 0) is 43.7 Å². The normalized spacial score (nSPS) is 13.3. The minimum Gasteiger partial charge on any atom is -0.497 e. The first-order chi connectivity index (χ1) is 7.13. The quantitative estimate of drug-likeness (QED) is 0.737. The molecule has 0 aromatic heterocycles. The molecule has 4 heteroatoms. The Morgan fingerprint density at radius 2 is 1.93 bits per heavy atom. The van der Waals surface area contributed by atoms with E-state index >= 15 is 0 Å². The van der Waals surface area contributed by atoms with Gasteiger partial charge in [-0.1, -0.05) is 0 Å². The second kappa shape index (κ2) is 5.66. The molecular formula is C11H15NO2S. The van der Waals surface area contributed by atoms with Crippen LogP contribution in [0.15, 0.2) is 28.7 Å². The highest BCUT2D eigenvalue weighted by Crippen LogP contribution is 2.10. The van der Waals surface area contributed by atoms with E-state index in [9.17, 15) is 4.21 Å². The van der Waals surface area contributed by atoms with Crippen molar-refractivity contribution in [1.29, 1.82) is 0 Å². The Bertz CT molecular complexity index is 357. The second-order valence-electron chi connectivity index (χ2n) is 3.33. The largest absolute Gasteiger partial charge is 0.497 e. The lowest BCUT2D eigenvalue weighted by Crippen LogP contribution is -2.02. The standard InChI is InChI=1S/C11H15NO2S/c1-9(2)15(13)12-8-10-4-6-11(14-3)7-5-10/h4-9H,1-3H3/b12-8+/t15-/m0/s1. The molecule has 0 aliphatic rings. The van der Waals surface area contributed by atoms with E-state index in [1.54, 1.807) is 13.3 Å². The summed E-state index contributed by atoms with van der Waals surface area (Å²) < 4.78 is 20.3. The highest BCUT2D eigenvalue weighted by atomic mass is 32.2. The highest BCUT2D eigenvalue weighted by Gasteiger charge is 2.00. The van der Waals surface area contributed by atoms with Gasteiger partial charge in [-0.25, -0.2) is 4.21 Å². The van der Waals surface area contributed by atoms with Gasteiger partial charge in [-0.2, -0.15) is 4.40 Å². The third kappa shape index (κ3) is 3.83. The summed E-state index contributed by atoms with van der Waals surface area (Å²) in [6.07, 6.45) is 1.62. The number of hydrogen-bond acceptors (Lipinski definition) is 2. The van der Waals surface area contributed by atoms with Gasteiger partial charge in [-0.15, -0.1) is 0 Å². The SMILES string of the molecule is COc1ccc(/C=N/[S@@](=O)C(C)C)cc1. The van der Waals surface area contributed by atoms with Crippen LogP contribution < -0.4 is 4.74 Å². The van der Waals surface area contributed by atoms with Crippen LogP contribution in [0.5, 0.6) is 5.75 Å². The van der Waals surface area contributed by atoms with Crippen LogP contribution in [0, 0.1) is 0 Å². The van der Waals surface area contributed by atoms with Crippen molar-refractivity contribution in [3.8, 4) is 5.75 Å². The Morgan fingerprint density at radius 1 is 1.33 bits per heavy atom. The van der Waals surface area contributed by atoms with Crippen molar-refractivity contribution in [3.63, 3.8) is 0 Å². The van der Waals surface area contributed by atoms with E-state index in [2.05, 4.69) is 4.40 Å². The van der Waals surface area contributed by atoms with Crippen LogP contribution >= 0.6 is 0 Å². The number of hydrogen-bond donors (Lipinski definition) is 0. The van der Waals surface area contributed by atoms with Gasteiger partial charge >= 0.3 is 0 Å². The molecule has 0 amide bonds. The van der Waals surface area contributed by atoms with E-state index in [-0.39, 0.29) is 5.25 Å². The molecule has 0 spiro atoms. The minimum atomic E-state index is -1.14. The average Bonchev–Trinajstić information content (AvgIpc) is 2.26. The molecule has 1 rings (SSSR count). The predicted molar refractivity (Wildman–Crippen MR) is 63.9 cm³/mol. The lowest BCUT2D eigenvalue weighted by Gasteiger charge is -1.99. The molecule has 0 bridgehead atoms. The first kappa shape index (κ1) is 11.9. The molecule has 0 saturated heterocycles. The Kier molecular flexibility index (Phi) is 4.49. The summed E-state index contributed by atoms with van der Waals surface area (Å²) in [4.78, 5) is 0. The van der Waals surface area contributed by atoms with Crippen LogP contribution in [0.2, 0.25) is 0 Å². The second-order valence-corrected chi connectivity index (χ2v) is 5.04. The van der Waals surface area contributed by atoms with Gasteiger partial charge in [0.25, 0.3) is 0 Å². The number of rotatable bonds is 4. The molecule has 1 aromatic carbocycles. The Morgan fingerprint density at radius 3 is 2.40 bits per heavy atom. The van der Waals surface area contributed by atoms with Crippen molar-refractivity contribution in [1.82, 2.24) is 0 Å². The monoisotopic (exact) mass is 225 g/mol. The molecule has 0 aliphatic carbocycles. The fourth-order valence-corrected chi connectivity index (χ4v) is 1.39. The van der Waals surface area contributed by atoms with Crippen molar-refractivity contribution >= 4 is 17.2 Å². The summed E-state index contributed by atoms with van der Waals surface area (Å²) >= 11 is 0. The molecule has 0 unspecified atom stereocenters.